The molecule has 1 unspecified atom stereocenters. The number of benzene rings is 2. The Bertz CT molecular complexity index is 517. The lowest BCUT2D eigenvalue weighted by molar-refractivity contribution is 0.947. The molecule has 0 aromatic heterocycles. The number of alkyl halides is 1. The molecular formula is C14H10Br3Cl. The molecule has 0 amide bonds. The number of hydrogen-bond donors (Lipinski definition) is 0. The fraction of sp³-hybridized carbons (Fsp3) is 0.143. The second-order valence-electron chi connectivity index (χ2n) is 4.00. The van der Waals surface area contributed by atoms with E-state index in [4.69, 9.17) is 11.6 Å². The van der Waals surface area contributed by atoms with E-state index in [1.807, 2.05) is 18.2 Å². The average Bonchev–Trinajstić information content (AvgIpc) is 2.31. The zero-order chi connectivity index (χ0) is 13.1. The van der Waals surface area contributed by atoms with E-state index >= 15 is 0 Å². The Morgan fingerprint density at radius 2 is 1.50 bits per heavy atom. The van der Waals surface area contributed by atoms with Crippen molar-refractivity contribution in [3.05, 3.63) is 67.6 Å². The molecule has 0 aliphatic carbocycles. The van der Waals surface area contributed by atoms with Gasteiger partial charge in [-0.1, -0.05) is 71.5 Å². The zero-order valence-electron chi connectivity index (χ0n) is 9.34. The van der Waals surface area contributed by atoms with Crippen LogP contribution in [-0.2, 0) is 6.42 Å². The summed E-state index contributed by atoms with van der Waals surface area (Å²) in [6, 6.07) is 14.2. The van der Waals surface area contributed by atoms with Gasteiger partial charge in [0.1, 0.15) is 0 Å². The first-order valence-corrected chi connectivity index (χ1v) is 8.27. The smallest absolute Gasteiger partial charge is 0.0436 e. The summed E-state index contributed by atoms with van der Waals surface area (Å²) in [6.07, 6.45) is 0.931. The third-order valence-corrected chi connectivity index (χ3v) is 4.59. The lowest BCUT2D eigenvalue weighted by Crippen LogP contribution is -1.95. The summed E-state index contributed by atoms with van der Waals surface area (Å²) in [5.74, 6) is 0. The highest BCUT2D eigenvalue weighted by atomic mass is 79.9. The summed E-state index contributed by atoms with van der Waals surface area (Å²) >= 11 is 16.6. The maximum atomic E-state index is 5.88. The fourth-order valence-electron chi connectivity index (χ4n) is 1.70. The molecule has 0 bridgehead atoms. The highest BCUT2D eigenvalue weighted by Gasteiger charge is 2.10. The predicted octanol–water partition coefficient (Wildman–Crippen LogP) is 6.54. The van der Waals surface area contributed by atoms with Crippen molar-refractivity contribution in [3.8, 4) is 0 Å². The van der Waals surface area contributed by atoms with Crippen molar-refractivity contribution in [3.63, 3.8) is 0 Å². The molecule has 0 saturated heterocycles. The summed E-state index contributed by atoms with van der Waals surface area (Å²) in [5.41, 5.74) is 2.50. The molecule has 0 aliphatic rings. The molecule has 0 saturated carbocycles. The number of halogens is 4. The topological polar surface area (TPSA) is 0 Å². The van der Waals surface area contributed by atoms with Crippen LogP contribution in [0, 0.1) is 0 Å². The monoisotopic (exact) mass is 450 g/mol. The van der Waals surface area contributed by atoms with Gasteiger partial charge >= 0.3 is 0 Å². The Hall–Kier alpha value is 0.170. The van der Waals surface area contributed by atoms with Gasteiger partial charge in [0, 0.05) is 18.8 Å². The molecule has 0 fully saturated rings. The van der Waals surface area contributed by atoms with Crippen LogP contribution < -0.4 is 0 Å². The molecule has 2 aromatic carbocycles. The Kier molecular flexibility index (Phi) is 5.31. The van der Waals surface area contributed by atoms with Crippen LogP contribution in [-0.4, -0.2) is 0 Å². The van der Waals surface area contributed by atoms with Crippen LogP contribution >= 0.6 is 59.4 Å². The highest BCUT2D eigenvalue weighted by molar-refractivity contribution is 9.11. The minimum atomic E-state index is 0.285. The van der Waals surface area contributed by atoms with E-state index < -0.39 is 0 Å². The lowest BCUT2D eigenvalue weighted by Gasteiger charge is -2.11. The van der Waals surface area contributed by atoms with Crippen LogP contribution in [0.5, 0.6) is 0 Å². The molecule has 0 N–H and O–H groups in total. The Morgan fingerprint density at radius 1 is 0.944 bits per heavy atom. The van der Waals surface area contributed by atoms with Crippen molar-refractivity contribution in [1.29, 1.82) is 0 Å². The van der Waals surface area contributed by atoms with Gasteiger partial charge in [0.05, 0.1) is 0 Å². The van der Waals surface area contributed by atoms with E-state index in [1.54, 1.807) is 0 Å². The van der Waals surface area contributed by atoms with Gasteiger partial charge in [-0.15, -0.1) is 0 Å². The van der Waals surface area contributed by atoms with Crippen molar-refractivity contribution in [2.45, 2.75) is 11.2 Å². The van der Waals surface area contributed by atoms with Gasteiger partial charge in [-0.05, 0) is 47.9 Å². The SMILES string of the molecule is Clc1ccc(CC(Br)c2cc(Br)cc(Br)c2)cc1. The first-order valence-electron chi connectivity index (χ1n) is 5.39. The molecule has 0 nitrogen and oxygen atoms in total. The summed E-state index contributed by atoms with van der Waals surface area (Å²) in [4.78, 5) is 0.285. The molecule has 0 heterocycles. The normalized spacial score (nSPS) is 12.4. The van der Waals surface area contributed by atoms with Crippen LogP contribution in [0.3, 0.4) is 0 Å². The number of hydrogen-bond acceptors (Lipinski definition) is 0. The maximum Gasteiger partial charge on any atom is 0.0436 e. The largest absolute Gasteiger partial charge is 0.0843 e. The quantitative estimate of drug-likeness (QED) is 0.463. The van der Waals surface area contributed by atoms with E-state index in [1.165, 1.54) is 11.1 Å². The van der Waals surface area contributed by atoms with Crippen molar-refractivity contribution in [2.24, 2.45) is 0 Å². The second kappa shape index (κ2) is 6.56. The standard InChI is InChI=1S/C14H10Br3Cl/c15-11-6-10(7-12(16)8-11)14(17)5-9-1-3-13(18)4-2-9/h1-4,6-8,14H,5H2. The Labute approximate surface area is 137 Å². The van der Waals surface area contributed by atoms with Gasteiger partial charge < -0.3 is 0 Å². The van der Waals surface area contributed by atoms with Gasteiger partial charge in [0.15, 0.2) is 0 Å². The molecule has 4 heteroatoms. The summed E-state index contributed by atoms with van der Waals surface area (Å²) in [7, 11) is 0. The van der Waals surface area contributed by atoms with Gasteiger partial charge in [0.25, 0.3) is 0 Å². The summed E-state index contributed by atoms with van der Waals surface area (Å²) < 4.78 is 2.15. The molecule has 0 aliphatic heterocycles. The van der Waals surface area contributed by atoms with E-state index in [0.717, 1.165) is 20.4 Å². The van der Waals surface area contributed by atoms with Crippen LogP contribution in [0.15, 0.2) is 51.4 Å². The third-order valence-electron chi connectivity index (χ3n) is 2.57. The van der Waals surface area contributed by atoms with Crippen LogP contribution in [0.1, 0.15) is 16.0 Å². The van der Waals surface area contributed by atoms with Crippen LogP contribution in [0.2, 0.25) is 5.02 Å². The number of rotatable bonds is 3. The van der Waals surface area contributed by atoms with E-state index in [0.29, 0.717) is 0 Å². The van der Waals surface area contributed by atoms with Gasteiger partial charge in [-0.2, -0.15) is 0 Å². The maximum absolute atomic E-state index is 5.88. The highest BCUT2D eigenvalue weighted by Crippen LogP contribution is 2.31. The molecular weight excluding hydrogens is 443 g/mol. The van der Waals surface area contributed by atoms with Crippen LogP contribution in [0.4, 0.5) is 0 Å². The predicted molar refractivity (Wildman–Crippen MR) is 88.7 cm³/mol. The summed E-state index contributed by atoms with van der Waals surface area (Å²) in [5, 5.41) is 0.773. The first kappa shape index (κ1) is 14.6. The van der Waals surface area contributed by atoms with Crippen LogP contribution in [0.25, 0.3) is 0 Å². The van der Waals surface area contributed by atoms with Gasteiger partial charge in [-0.25, -0.2) is 0 Å². The van der Waals surface area contributed by atoms with E-state index in [9.17, 15) is 0 Å². The minimum Gasteiger partial charge on any atom is -0.0843 e. The third kappa shape index (κ3) is 4.09. The van der Waals surface area contributed by atoms with Crippen molar-refractivity contribution in [1.82, 2.24) is 0 Å². The van der Waals surface area contributed by atoms with Gasteiger partial charge in [0.2, 0.25) is 0 Å². The lowest BCUT2D eigenvalue weighted by atomic mass is 10.0. The Balaban J connectivity index is 2.16. The average molecular weight is 453 g/mol. The Morgan fingerprint density at radius 3 is 2.06 bits per heavy atom. The van der Waals surface area contributed by atoms with Crippen molar-refractivity contribution in [2.75, 3.05) is 0 Å². The fourth-order valence-corrected chi connectivity index (χ4v) is 3.79. The van der Waals surface area contributed by atoms with Gasteiger partial charge in [-0.3, -0.25) is 0 Å². The van der Waals surface area contributed by atoms with Crippen molar-refractivity contribution < 1.29 is 0 Å². The molecule has 0 radical (unpaired) electrons. The van der Waals surface area contributed by atoms with E-state index in [2.05, 4.69) is 72.1 Å². The molecule has 0 spiro atoms. The zero-order valence-corrected chi connectivity index (χ0v) is 14.9. The first-order chi connectivity index (χ1) is 8.54. The molecule has 1 atom stereocenters. The molecule has 2 rings (SSSR count). The second-order valence-corrected chi connectivity index (χ2v) is 7.37. The summed E-state index contributed by atoms with van der Waals surface area (Å²) in [6.45, 7) is 0. The molecule has 94 valence electrons. The van der Waals surface area contributed by atoms with Crippen molar-refractivity contribution >= 4 is 59.4 Å². The van der Waals surface area contributed by atoms with E-state index in [-0.39, 0.29) is 4.83 Å². The molecule has 18 heavy (non-hydrogen) atoms. The molecule has 2 aromatic rings. The minimum absolute atomic E-state index is 0.285.